The zero-order valence-electron chi connectivity index (χ0n) is 39.3. The summed E-state index contributed by atoms with van der Waals surface area (Å²) < 4.78 is 16.6. The van der Waals surface area contributed by atoms with Crippen molar-refractivity contribution in [3.63, 3.8) is 0 Å². The molecule has 0 radical (unpaired) electrons. The van der Waals surface area contributed by atoms with Gasteiger partial charge in [0.25, 0.3) is 0 Å². The standard InChI is InChI=1S/C56H86O6/c1-4-7-10-13-16-19-22-24-26-27-28-29-31-32-34-37-40-43-46-49-55(58)61-52-53(51-60-54(57)48-45-42-39-36-21-18-15-12-9-6-3)62-56(59)50-47-44-41-38-35-33-30-25-23-20-17-14-11-8-5-2/h7-8,10-12,15-17,19-20,24-26,28-30,32,34-35,38,44,47,53H,4-6,9,13-14,18,21-23,27,31,33,36-37,39-43,45-46,48-52H2,1-3H3/b10-7-,11-8-,15-12-,19-16-,20-17-,26-24-,29-28-,30-25-,34-32-,38-35-,47-44-. The van der Waals surface area contributed by atoms with E-state index in [1.54, 1.807) is 6.08 Å². The quantitative estimate of drug-likeness (QED) is 0.0264. The Hall–Kier alpha value is -4.45. The zero-order chi connectivity index (χ0) is 45.1. The van der Waals surface area contributed by atoms with Gasteiger partial charge in [-0.1, -0.05) is 187 Å². The molecule has 0 aromatic rings. The van der Waals surface area contributed by atoms with E-state index in [-0.39, 0.29) is 31.6 Å². The number of unbranched alkanes of at least 4 members (excludes halogenated alkanes) is 9. The molecule has 0 bridgehead atoms. The minimum absolute atomic E-state index is 0.0815. The van der Waals surface area contributed by atoms with Crippen LogP contribution in [0.1, 0.15) is 181 Å². The fourth-order valence-corrected chi connectivity index (χ4v) is 5.84. The van der Waals surface area contributed by atoms with E-state index in [0.717, 1.165) is 122 Å². The highest BCUT2D eigenvalue weighted by molar-refractivity contribution is 5.72. The first-order valence-electron chi connectivity index (χ1n) is 24.2. The molecule has 0 fully saturated rings. The summed E-state index contributed by atoms with van der Waals surface area (Å²) >= 11 is 0. The minimum atomic E-state index is -0.853. The number of allylic oxidation sites excluding steroid dienone is 21. The highest BCUT2D eigenvalue weighted by Crippen LogP contribution is 2.11. The molecule has 0 aliphatic rings. The van der Waals surface area contributed by atoms with E-state index in [9.17, 15) is 14.4 Å². The lowest BCUT2D eigenvalue weighted by atomic mass is 10.1. The number of carbonyl (C=O) groups is 3. The van der Waals surface area contributed by atoms with E-state index >= 15 is 0 Å². The van der Waals surface area contributed by atoms with Gasteiger partial charge in [-0.25, -0.2) is 0 Å². The average Bonchev–Trinajstić information content (AvgIpc) is 3.27. The van der Waals surface area contributed by atoms with E-state index in [4.69, 9.17) is 14.2 Å². The molecule has 0 aliphatic carbocycles. The Kier molecular flexibility index (Phi) is 45.7. The second-order valence-corrected chi connectivity index (χ2v) is 15.3. The highest BCUT2D eigenvalue weighted by atomic mass is 16.6. The molecule has 6 nitrogen and oxygen atoms in total. The molecule has 0 saturated heterocycles. The lowest BCUT2D eigenvalue weighted by molar-refractivity contribution is -0.166. The molecule has 0 amide bonds. The van der Waals surface area contributed by atoms with Gasteiger partial charge in [0.2, 0.25) is 0 Å². The predicted molar refractivity (Wildman–Crippen MR) is 265 cm³/mol. The third-order valence-corrected chi connectivity index (χ3v) is 9.38. The maximum Gasteiger partial charge on any atom is 0.310 e. The van der Waals surface area contributed by atoms with Crippen molar-refractivity contribution < 1.29 is 28.6 Å². The second kappa shape index (κ2) is 49.2. The van der Waals surface area contributed by atoms with Crippen molar-refractivity contribution in [2.24, 2.45) is 0 Å². The smallest absolute Gasteiger partial charge is 0.310 e. The summed E-state index contributed by atoms with van der Waals surface area (Å²) in [6.07, 6.45) is 68.9. The van der Waals surface area contributed by atoms with Gasteiger partial charge < -0.3 is 14.2 Å². The second-order valence-electron chi connectivity index (χ2n) is 15.3. The molecule has 0 N–H and O–H groups in total. The first kappa shape index (κ1) is 57.5. The first-order chi connectivity index (χ1) is 30.5. The van der Waals surface area contributed by atoms with Crippen LogP contribution in [-0.4, -0.2) is 37.2 Å². The molecule has 0 aliphatic heterocycles. The Bertz CT molecular complexity index is 1400. The molecule has 6 heteroatoms. The fraction of sp³-hybridized carbons (Fsp3) is 0.554. The third kappa shape index (κ3) is 46.6. The summed E-state index contributed by atoms with van der Waals surface area (Å²) in [7, 11) is 0. The van der Waals surface area contributed by atoms with Crippen LogP contribution in [0.15, 0.2) is 134 Å². The van der Waals surface area contributed by atoms with E-state index in [1.165, 1.54) is 12.8 Å². The number of esters is 3. The summed E-state index contributed by atoms with van der Waals surface area (Å²) in [5, 5.41) is 0. The Balaban J connectivity index is 4.57. The van der Waals surface area contributed by atoms with Gasteiger partial charge in [-0.2, -0.15) is 0 Å². The molecule has 0 heterocycles. The molecular formula is C56H86O6. The maximum atomic E-state index is 12.7. The van der Waals surface area contributed by atoms with Crippen LogP contribution in [0.3, 0.4) is 0 Å². The van der Waals surface area contributed by atoms with Crippen molar-refractivity contribution in [2.75, 3.05) is 13.2 Å². The Morgan fingerprint density at radius 1 is 0.355 bits per heavy atom. The SMILES string of the molecule is CC/C=C\C/C=C\C/C=C\C/C=C\C/C=C\CCCCCC(=O)OCC(COC(=O)CCCCCCC/C=C\CCC)OC(=O)C/C=C\C/C=C\C/C=C\C/C=C\C/C=C\CC. The lowest BCUT2D eigenvalue weighted by Gasteiger charge is -2.18. The molecule has 0 spiro atoms. The number of hydrogen-bond donors (Lipinski definition) is 0. The molecule has 0 rings (SSSR count). The van der Waals surface area contributed by atoms with Crippen molar-refractivity contribution in [1.82, 2.24) is 0 Å². The van der Waals surface area contributed by atoms with Crippen molar-refractivity contribution in [2.45, 2.75) is 187 Å². The van der Waals surface area contributed by atoms with Crippen LogP contribution in [0.2, 0.25) is 0 Å². The average molecular weight is 855 g/mol. The van der Waals surface area contributed by atoms with E-state index in [1.807, 2.05) is 6.08 Å². The van der Waals surface area contributed by atoms with Crippen LogP contribution in [-0.2, 0) is 28.6 Å². The molecule has 1 unspecified atom stereocenters. The highest BCUT2D eigenvalue weighted by Gasteiger charge is 2.19. The maximum absolute atomic E-state index is 12.7. The summed E-state index contributed by atoms with van der Waals surface area (Å²) in [5.74, 6) is -1.13. The molecule has 0 aromatic carbocycles. The molecular weight excluding hydrogens is 769 g/mol. The monoisotopic (exact) mass is 855 g/mol. The molecule has 346 valence electrons. The molecule has 0 aromatic heterocycles. The van der Waals surface area contributed by atoms with E-state index < -0.39 is 12.1 Å². The van der Waals surface area contributed by atoms with Crippen LogP contribution in [0, 0.1) is 0 Å². The number of ether oxygens (including phenoxy) is 3. The topological polar surface area (TPSA) is 78.9 Å². The fourth-order valence-electron chi connectivity index (χ4n) is 5.84. The van der Waals surface area contributed by atoms with Gasteiger partial charge >= 0.3 is 17.9 Å². The van der Waals surface area contributed by atoms with Crippen molar-refractivity contribution in [3.05, 3.63) is 134 Å². The van der Waals surface area contributed by atoms with E-state index in [2.05, 4.69) is 142 Å². The number of hydrogen-bond acceptors (Lipinski definition) is 6. The van der Waals surface area contributed by atoms with Gasteiger partial charge in [-0.15, -0.1) is 0 Å². The summed E-state index contributed by atoms with van der Waals surface area (Å²) in [6, 6.07) is 0. The Morgan fingerprint density at radius 3 is 1.10 bits per heavy atom. The van der Waals surface area contributed by atoms with Crippen molar-refractivity contribution in [1.29, 1.82) is 0 Å². The minimum Gasteiger partial charge on any atom is -0.462 e. The molecule has 1 atom stereocenters. The molecule has 62 heavy (non-hydrogen) atoms. The zero-order valence-corrected chi connectivity index (χ0v) is 39.3. The normalized spacial score (nSPS) is 13.3. The van der Waals surface area contributed by atoms with Gasteiger partial charge in [0, 0.05) is 12.8 Å². The number of carbonyl (C=O) groups excluding carboxylic acids is 3. The predicted octanol–water partition coefficient (Wildman–Crippen LogP) is 15.9. The van der Waals surface area contributed by atoms with Crippen LogP contribution in [0.4, 0.5) is 0 Å². The third-order valence-electron chi connectivity index (χ3n) is 9.38. The van der Waals surface area contributed by atoms with Crippen LogP contribution >= 0.6 is 0 Å². The molecule has 0 saturated carbocycles. The van der Waals surface area contributed by atoms with Gasteiger partial charge in [-0.05, 0) is 109 Å². The van der Waals surface area contributed by atoms with Gasteiger partial charge in [0.05, 0.1) is 6.42 Å². The van der Waals surface area contributed by atoms with E-state index in [0.29, 0.717) is 19.3 Å². The first-order valence-corrected chi connectivity index (χ1v) is 24.2. The largest absolute Gasteiger partial charge is 0.462 e. The van der Waals surface area contributed by atoms with Crippen LogP contribution in [0.25, 0.3) is 0 Å². The number of rotatable bonds is 41. The Morgan fingerprint density at radius 2 is 0.677 bits per heavy atom. The van der Waals surface area contributed by atoms with Crippen LogP contribution < -0.4 is 0 Å². The summed E-state index contributed by atoms with van der Waals surface area (Å²) in [5.41, 5.74) is 0. The van der Waals surface area contributed by atoms with Crippen molar-refractivity contribution >= 4 is 17.9 Å². The van der Waals surface area contributed by atoms with Crippen LogP contribution in [0.5, 0.6) is 0 Å². The lowest BCUT2D eigenvalue weighted by Crippen LogP contribution is -2.30. The van der Waals surface area contributed by atoms with Gasteiger partial charge in [0.1, 0.15) is 13.2 Å². The van der Waals surface area contributed by atoms with Gasteiger partial charge in [-0.3, -0.25) is 14.4 Å². The summed E-state index contributed by atoms with van der Waals surface area (Å²) in [6.45, 7) is 6.19. The summed E-state index contributed by atoms with van der Waals surface area (Å²) in [4.78, 5) is 37.8. The van der Waals surface area contributed by atoms with Gasteiger partial charge in [0.15, 0.2) is 6.10 Å². The Labute approximate surface area is 379 Å². The van der Waals surface area contributed by atoms with Crippen molar-refractivity contribution in [3.8, 4) is 0 Å².